The molecule has 2 amide bonds. The number of amides is 2. The fourth-order valence-electron chi connectivity index (χ4n) is 4.52. The molecule has 1 aromatic heterocycles. The van der Waals surface area contributed by atoms with Crippen molar-refractivity contribution in [1.29, 1.82) is 0 Å². The molecule has 2 aromatic rings. The van der Waals surface area contributed by atoms with Gasteiger partial charge in [-0.25, -0.2) is 14.8 Å². The van der Waals surface area contributed by atoms with Crippen molar-refractivity contribution in [2.24, 2.45) is 0 Å². The van der Waals surface area contributed by atoms with Gasteiger partial charge in [0.1, 0.15) is 17.1 Å². The minimum atomic E-state index is -0.606. The summed E-state index contributed by atoms with van der Waals surface area (Å²) < 4.78 is 11.4. The van der Waals surface area contributed by atoms with E-state index in [4.69, 9.17) is 21.1 Å². The molecule has 182 valence electrons. The molecule has 1 atom stereocenters. The van der Waals surface area contributed by atoms with Gasteiger partial charge in [-0.2, -0.15) is 0 Å². The molecule has 2 aliphatic rings. The number of hydrogen-bond donors (Lipinski definition) is 0. The third-order valence-corrected chi connectivity index (χ3v) is 6.15. The number of halogens is 1. The van der Waals surface area contributed by atoms with Gasteiger partial charge in [0, 0.05) is 30.4 Å². The normalized spacial score (nSPS) is 18.5. The highest BCUT2D eigenvalue weighted by atomic mass is 35.5. The summed E-state index contributed by atoms with van der Waals surface area (Å²) in [6, 6.07) is 5.19. The molecule has 34 heavy (non-hydrogen) atoms. The van der Waals surface area contributed by atoms with Gasteiger partial charge in [-0.1, -0.05) is 11.6 Å². The van der Waals surface area contributed by atoms with E-state index in [1.807, 2.05) is 39.8 Å². The van der Waals surface area contributed by atoms with Crippen molar-refractivity contribution in [2.75, 3.05) is 26.3 Å². The van der Waals surface area contributed by atoms with Crippen LogP contribution in [0, 0.1) is 13.8 Å². The Morgan fingerprint density at radius 1 is 1.15 bits per heavy atom. The number of morpholine rings is 1. The van der Waals surface area contributed by atoms with Crippen LogP contribution in [0.5, 0.6) is 0 Å². The fraction of sp³-hybridized carbons (Fsp3) is 0.520. The Bertz CT molecular complexity index is 1090. The van der Waals surface area contributed by atoms with Crippen LogP contribution < -0.4 is 0 Å². The zero-order valence-electron chi connectivity index (χ0n) is 20.4. The Kier molecular flexibility index (Phi) is 6.82. The summed E-state index contributed by atoms with van der Waals surface area (Å²) in [6.07, 6.45) is 0.280. The van der Waals surface area contributed by atoms with Gasteiger partial charge < -0.3 is 14.4 Å². The predicted molar refractivity (Wildman–Crippen MR) is 128 cm³/mol. The summed E-state index contributed by atoms with van der Waals surface area (Å²) in [4.78, 5) is 38.4. The minimum Gasteiger partial charge on any atom is -0.444 e. The zero-order valence-corrected chi connectivity index (χ0v) is 21.1. The van der Waals surface area contributed by atoms with E-state index >= 15 is 0 Å². The van der Waals surface area contributed by atoms with Gasteiger partial charge in [-0.3, -0.25) is 9.69 Å². The van der Waals surface area contributed by atoms with Gasteiger partial charge in [-0.05, 0) is 75.9 Å². The third-order valence-electron chi connectivity index (χ3n) is 5.93. The maximum atomic E-state index is 13.3. The average molecular weight is 487 g/mol. The minimum absolute atomic E-state index is 0.135. The Hall–Kier alpha value is -2.71. The number of carbonyl (C=O) groups excluding carboxylic acids is 2. The first-order valence-corrected chi connectivity index (χ1v) is 11.9. The van der Waals surface area contributed by atoms with E-state index in [1.165, 1.54) is 0 Å². The zero-order chi connectivity index (χ0) is 24.6. The molecule has 1 saturated heterocycles. The maximum absolute atomic E-state index is 13.3. The molecule has 0 aliphatic carbocycles. The van der Waals surface area contributed by atoms with Crippen LogP contribution in [0.1, 0.15) is 65.5 Å². The number of hydrogen-bond acceptors (Lipinski definition) is 6. The molecular weight excluding hydrogens is 456 g/mol. The molecule has 3 heterocycles. The van der Waals surface area contributed by atoms with Crippen LogP contribution in [0.3, 0.4) is 0 Å². The lowest BCUT2D eigenvalue weighted by Crippen LogP contribution is -2.46. The lowest BCUT2D eigenvalue weighted by Gasteiger charge is -2.39. The van der Waals surface area contributed by atoms with Gasteiger partial charge >= 0.3 is 6.09 Å². The molecule has 4 rings (SSSR count). The van der Waals surface area contributed by atoms with Crippen LogP contribution in [-0.2, 0) is 22.4 Å². The van der Waals surface area contributed by atoms with Crippen LogP contribution in [0.15, 0.2) is 18.2 Å². The highest BCUT2D eigenvalue weighted by molar-refractivity contribution is 6.30. The molecule has 1 aromatic carbocycles. The number of rotatable bonds is 2. The lowest BCUT2D eigenvalue weighted by atomic mass is 9.90. The standard InChI is InChI=1S/C25H31ClN4O4/c1-15-10-21(28-16(2)27-15)23(31)29-7-6-17-11-18(26)12-19(20(17)13-29)22-14-33-9-8-30(22)24(32)34-25(3,4)5/h10-12,22H,6-9,13-14H2,1-5H3/t22-/m0/s1. The quantitative estimate of drug-likeness (QED) is 0.630. The average Bonchev–Trinajstić information content (AvgIpc) is 2.76. The predicted octanol–water partition coefficient (Wildman–Crippen LogP) is 4.25. The number of carbonyl (C=O) groups is 2. The van der Waals surface area contributed by atoms with E-state index in [1.54, 1.807) is 22.8 Å². The molecule has 0 spiro atoms. The van der Waals surface area contributed by atoms with Crippen molar-refractivity contribution in [3.63, 3.8) is 0 Å². The molecule has 0 N–H and O–H groups in total. The second-order valence-corrected chi connectivity index (χ2v) is 10.3. The number of ether oxygens (including phenoxy) is 2. The summed E-state index contributed by atoms with van der Waals surface area (Å²) in [7, 11) is 0. The topological polar surface area (TPSA) is 84.9 Å². The monoisotopic (exact) mass is 486 g/mol. The molecule has 0 bridgehead atoms. The lowest BCUT2D eigenvalue weighted by molar-refractivity contribution is -0.0334. The van der Waals surface area contributed by atoms with Crippen molar-refractivity contribution in [1.82, 2.24) is 19.8 Å². The summed E-state index contributed by atoms with van der Waals surface area (Å²) in [6.45, 7) is 11.3. The highest BCUT2D eigenvalue weighted by Crippen LogP contribution is 2.35. The van der Waals surface area contributed by atoms with Crippen LogP contribution in [-0.4, -0.2) is 63.7 Å². The molecule has 1 fully saturated rings. The summed E-state index contributed by atoms with van der Waals surface area (Å²) in [5.41, 5.74) is 3.51. The Balaban J connectivity index is 1.66. The Morgan fingerprint density at radius 3 is 2.62 bits per heavy atom. The SMILES string of the molecule is Cc1cc(C(=O)N2CCc3cc(Cl)cc([C@@H]4COCCN4C(=O)OC(C)(C)C)c3C2)nc(C)n1. The number of nitrogens with zero attached hydrogens (tertiary/aromatic N) is 4. The van der Waals surface area contributed by atoms with Crippen LogP contribution in [0.2, 0.25) is 5.02 Å². The number of benzene rings is 1. The largest absolute Gasteiger partial charge is 0.444 e. The Morgan fingerprint density at radius 2 is 1.91 bits per heavy atom. The smallest absolute Gasteiger partial charge is 0.410 e. The van der Waals surface area contributed by atoms with Gasteiger partial charge in [0.05, 0.1) is 19.3 Å². The van der Waals surface area contributed by atoms with Crippen molar-refractivity contribution in [2.45, 2.75) is 59.2 Å². The molecule has 0 unspecified atom stereocenters. The van der Waals surface area contributed by atoms with Crippen molar-refractivity contribution in [3.8, 4) is 0 Å². The van der Waals surface area contributed by atoms with Crippen molar-refractivity contribution < 1.29 is 19.1 Å². The van der Waals surface area contributed by atoms with Crippen LogP contribution in [0.25, 0.3) is 0 Å². The number of aromatic nitrogens is 2. The van der Waals surface area contributed by atoms with Gasteiger partial charge in [-0.15, -0.1) is 0 Å². The van der Waals surface area contributed by atoms with Crippen molar-refractivity contribution in [3.05, 3.63) is 57.1 Å². The maximum Gasteiger partial charge on any atom is 0.410 e. The summed E-state index contributed by atoms with van der Waals surface area (Å²) >= 11 is 6.49. The van der Waals surface area contributed by atoms with E-state index in [-0.39, 0.29) is 18.0 Å². The van der Waals surface area contributed by atoms with Gasteiger partial charge in [0.15, 0.2) is 0 Å². The first kappa shape index (κ1) is 24.4. The highest BCUT2D eigenvalue weighted by Gasteiger charge is 2.35. The van der Waals surface area contributed by atoms with Crippen LogP contribution >= 0.6 is 11.6 Å². The van der Waals surface area contributed by atoms with E-state index in [0.717, 1.165) is 22.4 Å². The van der Waals surface area contributed by atoms with E-state index in [9.17, 15) is 9.59 Å². The number of fused-ring (bicyclic) bond motifs is 1. The summed E-state index contributed by atoms with van der Waals surface area (Å²) in [5, 5.41) is 0.602. The molecule has 2 aliphatic heterocycles. The molecular formula is C25H31ClN4O4. The van der Waals surface area contributed by atoms with Gasteiger partial charge in [0.25, 0.3) is 5.91 Å². The second kappa shape index (κ2) is 9.50. The Labute approximate surface area is 205 Å². The third kappa shape index (κ3) is 5.33. The molecule has 9 heteroatoms. The van der Waals surface area contributed by atoms with Crippen LogP contribution in [0.4, 0.5) is 4.79 Å². The fourth-order valence-corrected chi connectivity index (χ4v) is 4.77. The van der Waals surface area contributed by atoms with Gasteiger partial charge in [0.2, 0.25) is 0 Å². The van der Waals surface area contributed by atoms with Crippen molar-refractivity contribution >= 4 is 23.6 Å². The van der Waals surface area contributed by atoms with E-state index in [0.29, 0.717) is 55.8 Å². The molecule has 8 nitrogen and oxygen atoms in total. The molecule has 0 saturated carbocycles. The number of aryl methyl sites for hydroxylation is 2. The molecule has 0 radical (unpaired) electrons. The van der Waals surface area contributed by atoms with E-state index in [2.05, 4.69) is 9.97 Å². The first-order valence-electron chi connectivity index (χ1n) is 11.5. The first-order chi connectivity index (χ1) is 16.0. The summed E-state index contributed by atoms with van der Waals surface area (Å²) in [5.74, 6) is 0.435. The second-order valence-electron chi connectivity index (χ2n) is 9.82. The van der Waals surface area contributed by atoms with E-state index < -0.39 is 5.60 Å².